The molecule has 200 valence electrons. The molecule has 2 aromatic carbocycles. The highest BCUT2D eigenvalue weighted by Crippen LogP contribution is 2.44. The maximum Gasteiger partial charge on any atom is 0.573 e. The lowest BCUT2D eigenvalue weighted by atomic mass is 9.95. The average Bonchev–Trinajstić information content (AvgIpc) is 3.38. The van der Waals surface area contributed by atoms with Crippen molar-refractivity contribution in [1.82, 2.24) is 0 Å². The molecular weight excluding hydrogens is 503 g/mol. The first-order valence-electron chi connectivity index (χ1n) is 11.9. The van der Waals surface area contributed by atoms with Crippen LogP contribution in [-0.4, -0.2) is 29.8 Å². The van der Waals surface area contributed by atoms with Gasteiger partial charge in [-0.1, -0.05) is 19.9 Å². The second-order valence-corrected chi connectivity index (χ2v) is 9.00. The van der Waals surface area contributed by atoms with Crippen LogP contribution in [0.15, 0.2) is 64.6 Å². The monoisotopic (exact) mass is 529 g/mol. The second kappa shape index (κ2) is 10.3. The number of aryl methyl sites for hydroxylation is 1. The van der Waals surface area contributed by atoms with Crippen LogP contribution in [0.4, 0.5) is 18.9 Å². The minimum atomic E-state index is -4.95. The third-order valence-electron chi connectivity index (χ3n) is 6.01. The number of carbonyl (C=O) groups excluding carboxylic acids is 2. The Bertz CT molecular complexity index is 1410. The van der Waals surface area contributed by atoms with Crippen LogP contribution in [0.1, 0.15) is 55.4 Å². The lowest BCUT2D eigenvalue weighted by molar-refractivity contribution is -0.274. The fourth-order valence-electron chi connectivity index (χ4n) is 4.39. The number of halogens is 3. The molecule has 0 radical (unpaired) electrons. The van der Waals surface area contributed by atoms with Gasteiger partial charge in [0.15, 0.2) is 0 Å². The van der Waals surface area contributed by atoms with E-state index in [1.165, 1.54) is 12.1 Å². The summed E-state index contributed by atoms with van der Waals surface area (Å²) < 4.78 is 53.9. The summed E-state index contributed by atoms with van der Waals surface area (Å²) in [5, 5.41) is 11.4. The summed E-state index contributed by atoms with van der Waals surface area (Å²) in [4.78, 5) is 27.6. The number of anilines is 1. The van der Waals surface area contributed by atoms with Crippen molar-refractivity contribution in [3.05, 3.63) is 82.8 Å². The maximum atomic E-state index is 13.3. The molecule has 1 atom stereocenters. The highest BCUT2D eigenvalue weighted by atomic mass is 19.4. The number of alkyl halides is 3. The number of furan rings is 1. The van der Waals surface area contributed by atoms with Gasteiger partial charge >= 0.3 is 6.36 Å². The van der Waals surface area contributed by atoms with E-state index in [9.17, 15) is 27.9 Å². The number of nitrogens with zero attached hydrogens (tertiary/aromatic N) is 1. The zero-order valence-electron chi connectivity index (χ0n) is 21.1. The van der Waals surface area contributed by atoms with Crippen molar-refractivity contribution in [1.29, 1.82) is 0 Å². The Hall–Kier alpha value is -4.21. The van der Waals surface area contributed by atoms with E-state index >= 15 is 0 Å². The quantitative estimate of drug-likeness (QED) is 0.210. The van der Waals surface area contributed by atoms with Crippen molar-refractivity contribution in [3.8, 4) is 11.5 Å². The number of hydrogen-bond acceptors (Lipinski definition) is 6. The lowest BCUT2D eigenvalue weighted by Crippen LogP contribution is -2.29. The molecule has 1 fully saturated rings. The van der Waals surface area contributed by atoms with Gasteiger partial charge in [0.2, 0.25) is 0 Å². The molecule has 2 heterocycles. The van der Waals surface area contributed by atoms with E-state index in [4.69, 9.17) is 9.15 Å². The summed E-state index contributed by atoms with van der Waals surface area (Å²) in [6, 6.07) is 11.6. The number of ketones is 1. The van der Waals surface area contributed by atoms with E-state index in [2.05, 4.69) is 4.74 Å². The molecule has 10 heteroatoms. The average molecular weight is 530 g/mol. The maximum absolute atomic E-state index is 13.3. The van der Waals surface area contributed by atoms with Crippen molar-refractivity contribution >= 4 is 23.1 Å². The van der Waals surface area contributed by atoms with Crippen molar-refractivity contribution in [2.75, 3.05) is 11.5 Å². The number of amides is 1. The van der Waals surface area contributed by atoms with Gasteiger partial charge in [-0.25, -0.2) is 0 Å². The first kappa shape index (κ1) is 26.8. The SMILES string of the molecule is CCOc1ccc(/C(O)=C2/C(=O)C(=O)N(c3cccc(OC(F)(F)F)c3)C2c2ccc(C)o2)cc1C(C)C. The molecule has 1 aliphatic rings. The largest absolute Gasteiger partial charge is 0.573 e. The molecule has 0 bridgehead atoms. The van der Waals surface area contributed by atoms with Crippen molar-refractivity contribution in [2.45, 2.75) is 46.0 Å². The van der Waals surface area contributed by atoms with E-state index in [1.54, 1.807) is 37.3 Å². The standard InChI is InChI=1S/C28H26F3NO6/c1-5-36-21-12-10-17(13-20(21)15(2)3)25(33)23-24(22-11-9-16(4)37-22)32(27(35)26(23)34)18-7-6-8-19(14-18)38-28(29,30)31/h6-15,24,33H,5H2,1-4H3/b25-23-. The van der Waals surface area contributed by atoms with Crippen LogP contribution in [0, 0.1) is 6.92 Å². The molecule has 0 aliphatic carbocycles. The second-order valence-electron chi connectivity index (χ2n) is 9.00. The number of benzene rings is 2. The van der Waals surface area contributed by atoms with Crippen molar-refractivity contribution in [3.63, 3.8) is 0 Å². The smallest absolute Gasteiger partial charge is 0.507 e. The summed E-state index contributed by atoms with van der Waals surface area (Å²) in [5.41, 5.74) is 0.761. The highest BCUT2D eigenvalue weighted by Gasteiger charge is 2.48. The van der Waals surface area contributed by atoms with Crippen molar-refractivity contribution < 1.29 is 41.8 Å². The molecule has 1 aliphatic heterocycles. The molecule has 0 spiro atoms. The first-order chi connectivity index (χ1) is 17.9. The van der Waals surface area contributed by atoms with E-state index in [0.717, 1.165) is 22.6 Å². The van der Waals surface area contributed by atoms with Gasteiger partial charge in [-0.05, 0) is 67.8 Å². The predicted octanol–water partition coefficient (Wildman–Crippen LogP) is 6.64. The van der Waals surface area contributed by atoms with Gasteiger partial charge in [0, 0.05) is 17.3 Å². The van der Waals surface area contributed by atoms with E-state index in [-0.39, 0.29) is 28.5 Å². The van der Waals surface area contributed by atoms with E-state index in [0.29, 0.717) is 18.1 Å². The van der Waals surface area contributed by atoms with Gasteiger partial charge in [-0.15, -0.1) is 13.2 Å². The van der Waals surface area contributed by atoms with Gasteiger partial charge in [-0.3, -0.25) is 14.5 Å². The van der Waals surface area contributed by atoms with Crippen LogP contribution >= 0.6 is 0 Å². The summed E-state index contributed by atoms with van der Waals surface area (Å²) in [7, 11) is 0. The topological polar surface area (TPSA) is 89.2 Å². The molecule has 1 saturated heterocycles. The summed E-state index contributed by atoms with van der Waals surface area (Å²) >= 11 is 0. The van der Waals surface area contributed by atoms with Crippen LogP contribution in [0.2, 0.25) is 0 Å². The van der Waals surface area contributed by atoms with Crippen molar-refractivity contribution in [2.24, 2.45) is 0 Å². The molecule has 1 unspecified atom stereocenters. The minimum Gasteiger partial charge on any atom is -0.507 e. The summed E-state index contributed by atoms with van der Waals surface area (Å²) in [6.45, 7) is 7.84. The number of aliphatic hydroxyl groups is 1. The molecule has 3 aromatic rings. The van der Waals surface area contributed by atoms with Gasteiger partial charge in [-0.2, -0.15) is 0 Å². The molecule has 38 heavy (non-hydrogen) atoms. The highest BCUT2D eigenvalue weighted by molar-refractivity contribution is 6.51. The number of Topliss-reactive ketones (excluding diaryl/α,β-unsaturated/α-hetero) is 1. The van der Waals surface area contributed by atoms with Crippen LogP contribution in [0.25, 0.3) is 5.76 Å². The van der Waals surface area contributed by atoms with Gasteiger partial charge in [0.05, 0.1) is 12.2 Å². The Labute approximate surface area is 217 Å². The zero-order chi connectivity index (χ0) is 27.8. The Morgan fingerprint density at radius 2 is 1.84 bits per heavy atom. The lowest BCUT2D eigenvalue weighted by Gasteiger charge is -2.24. The van der Waals surface area contributed by atoms with E-state index < -0.39 is 35.6 Å². The molecule has 1 amide bonds. The fraction of sp³-hybridized carbons (Fsp3) is 0.286. The predicted molar refractivity (Wildman–Crippen MR) is 133 cm³/mol. The summed E-state index contributed by atoms with van der Waals surface area (Å²) in [6.07, 6.45) is -4.95. The molecule has 4 rings (SSSR count). The normalized spacial score (nSPS) is 17.4. The molecule has 1 N–H and O–H groups in total. The number of rotatable bonds is 7. The zero-order valence-corrected chi connectivity index (χ0v) is 21.1. The van der Waals surface area contributed by atoms with Crippen LogP contribution < -0.4 is 14.4 Å². The number of carbonyl (C=O) groups is 2. The third kappa shape index (κ3) is 5.25. The minimum absolute atomic E-state index is 0.0200. The molecule has 1 aromatic heterocycles. The molecule has 0 saturated carbocycles. The van der Waals surface area contributed by atoms with Gasteiger partial charge in [0.25, 0.3) is 11.7 Å². The number of hydrogen-bond donors (Lipinski definition) is 1. The van der Waals surface area contributed by atoms with E-state index in [1.807, 2.05) is 20.8 Å². The fourth-order valence-corrected chi connectivity index (χ4v) is 4.39. The Morgan fingerprint density at radius 3 is 2.45 bits per heavy atom. The van der Waals surface area contributed by atoms with Crippen LogP contribution in [-0.2, 0) is 9.59 Å². The Morgan fingerprint density at radius 1 is 1.11 bits per heavy atom. The molecular formula is C28H26F3NO6. The number of aliphatic hydroxyl groups excluding tert-OH is 1. The number of ether oxygens (including phenoxy) is 2. The Kier molecular flexibility index (Phi) is 7.26. The van der Waals surface area contributed by atoms with Gasteiger partial charge < -0.3 is 19.0 Å². The third-order valence-corrected chi connectivity index (χ3v) is 6.01. The molecule has 7 nitrogen and oxygen atoms in total. The summed E-state index contributed by atoms with van der Waals surface area (Å²) in [5.74, 6) is -1.79. The Balaban J connectivity index is 1.89. The first-order valence-corrected chi connectivity index (χ1v) is 11.9. The van der Waals surface area contributed by atoms with Crippen LogP contribution in [0.5, 0.6) is 11.5 Å². The van der Waals surface area contributed by atoms with Gasteiger partial charge in [0.1, 0.15) is 34.8 Å². The van der Waals surface area contributed by atoms with Crippen LogP contribution in [0.3, 0.4) is 0 Å².